The van der Waals surface area contributed by atoms with Crippen molar-refractivity contribution in [3.05, 3.63) is 16.0 Å². The molecule has 0 saturated carbocycles. The molecule has 18 heavy (non-hydrogen) atoms. The topological polar surface area (TPSA) is 50.8 Å². The van der Waals surface area contributed by atoms with Gasteiger partial charge in [0, 0.05) is 0 Å². The maximum absolute atomic E-state index is 6.23. The van der Waals surface area contributed by atoms with Crippen LogP contribution in [0.1, 0.15) is 20.8 Å². The summed E-state index contributed by atoms with van der Waals surface area (Å²) in [5, 5.41) is 8.24. The predicted octanol–water partition coefficient (Wildman–Crippen LogP) is 3.95. The molecular formula is C12H18IN3OSi. The zero-order chi connectivity index (χ0) is 13.6. The van der Waals surface area contributed by atoms with E-state index in [-0.39, 0.29) is 5.04 Å². The summed E-state index contributed by atoms with van der Waals surface area (Å²) in [7, 11) is -1.80. The molecule has 0 amide bonds. The first-order valence-corrected chi connectivity index (χ1v) is 9.88. The molecule has 1 N–H and O–H groups in total. The molecule has 0 saturated heterocycles. The summed E-state index contributed by atoms with van der Waals surface area (Å²) in [6.45, 7) is 11.2. The van der Waals surface area contributed by atoms with Crippen molar-refractivity contribution in [3.8, 4) is 5.75 Å². The molecular weight excluding hydrogens is 357 g/mol. The van der Waals surface area contributed by atoms with E-state index in [1.54, 1.807) is 6.20 Å². The lowest BCUT2D eigenvalue weighted by Crippen LogP contribution is -2.43. The van der Waals surface area contributed by atoms with Crippen LogP contribution in [0.2, 0.25) is 18.1 Å². The summed E-state index contributed by atoms with van der Waals surface area (Å²) in [6.07, 6.45) is 1.77. The van der Waals surface area contributed by atoms with E-state index in [0.717, 1.165) is 20.5 Å². The van der Waals surface area contributed by atoms with Crippen LogP contribution in [-0.4, -0.2) is 23.5 Å². The van der Waals surface area contributed by atoms with Gasteiger partial charge >= 0.3 is 0 Å². The number of nitrogens with zero attached hydrogens (tertiary/aromatic N) is 2. The second-order valence-corrected chi connectivity index (χ2v) is 11.7. The van der Waals surface area contributed by atoms with Gasteiger partial charge in [-0.05, 0) is 46.8 Å². The third kappa shape index (κ3) is 2.54. The molecule has 0 aliphatic rings. The Hall–Kier alpha value is -0.633. The molecule has 0 spiro atoms. The van der Waals surface area contributed by atoms with Gasteiger partial charge in [-0.2, -0.15) is 5.10 Å². The van der Waals surface area contributed by atoms with Crippen molar-refractivity contribution in [2.45, 2.75) is 38.9 Å². The molecule has 0 fully saturated rings. The van der Waals surface area contributed by atoms with Crippen LogP contribution in [0.15, 0.2) is 12.3 Å². The fraction of sp³-hybridized carbons (Fsp3) is 0.500. The first-order valence-electron chi connectivity index (χ1n) is 5.89. The number of nitrogens with one attached hydrogen (secondary N) is 1. The number of aromatic nitrogens is 3. The molecule has 2 heterocycles. The van der Waals surface area contributed by atoms with Crippen LogP contribution in [0.4, 0.5) is 0 Å². The Morgan fingerprint density at radius 3 is 2.61 bits per heavy atom. The smallest absolute Gasteiger partial charge is 0.250 e. The molecule has 0 aromatic carbocycles. The van der Waals surface area contributed by atoms with Gasteiger partial charge < -0.3 is 4.43 Å². The average Bonchev–Trinajstić information content (AvgIpc) is 2.58. The van der Waals surface area contributed by atoms with Gasteiger partial charge in [-0.3, -0.25) is 5.10 Å². The van der Waals surface area contributed by atoms with E-state index < -0.39 is 8.32 Å². The molecule has 0 aliphatic carbocycles. The molecule has 0 unspecified atom stereocenters. The number of H-pyrrole nitrogens is 1. The maximum Gasteiger partial charge on any atom is 0.250 e. The first kappa shape index (κ1) is 13.8. The standard InChI is InChI=1S/C12H18IN3OSi/c1-12(2,3)18(4,5)17-8-6-9-10(13)15-16-11(9)14-7-8/h6-7H,1-5H3,(H,14,15,16). The molecule has 0 atom stereocenters. The molecule has 0 aliphatic heterocycles. The van der Waals surface area contributed by atoms with Crippen molar-refractivity contribution in [2.24, 2.45) is 0 Å². The number of hydrogen-bond acceptors (Lipinski definition) is 3. The molecule has 2 aromatic heterocycles. The summed E-state index contributed by atoms with van der Waals surface area (Å²) < 4.78 is 7.16. The van der Waals surface area contributed by atoms with E-state index in [2.05, 4.69) is 71.6 Å². The minimum Gasteiger partial charge on any atom is -0.542 e. The number of rotatable bonds is 2. The second-order valence-electron chi connectivity index (χ2n) is 5.94. The molecule has 0 radical (unpaired) electrons. The zero-order valence-corrected chi connectivity index (χ0v) is 14.5. The number of hydrogen-bond donors (Lipinski definition) is 1. The maximum atomic E-state index is 6.23. The zero-order valence-electron chi connectivity index (χ0n) is 11.3. The monoisotopic (exact) mass is 375 g/mol. The van der Waals surface area contributed by atoms with E-state index in [4.69, 9.17) is 4.43 Å². The van der Waals surface area contributed by atoms with Crippen molar-refractivity contribution in [1.82, 2.24) is 15.2 Å². The van der Waals surface area contributed by atoms with Crippen molar-refractivity contribution in [1.29, 1.82) is 0 Å². The highest BCUT2D eigenvalue weighted by Crippen LogP contribution is 2.37. The summed E-state index contributed by atoms with van der Waals surface area (Å²) in [5.41, 5.74) is 0.807. The largest absolute Gasteiger partial charge is 0.542 e. The second kappa shape index (κ2) is 4.48. The van der Waals surface area contributed by atoms with Gasteiger partial charge in [-0.1, -0.05) is 20.8 Å². The molecule has 6 heteroatoms. The van der Waals surface area contributed by atoms with Crippen LogP contribution in [0.25, 0.3) is 11.0 Å². The Bertz CT molecular complexity index is 574. The number of pyridine rings is 1. The van der Waals surface area contributed by atoms with Gasteiger partial charge in [-0.25, -0.2) is 4.98 Å². The van der Waals surface area contributed by atoms with Crippen LogP contribution in [0.5, 0.6) is 5.75 Å². The molecule has 0 bridgehead atoms. The van der Waals surface area contributed by atoms with Crippen molar-refractivity contribution >= 4 is 41.9 Å². The van der Waals surface area contributed by atoms with Gasteiger partial charge in [0.05, 0.1) is 11.6 Å². The fourth-order valence-corrected chi connectivity index (χ4v) is 2.90. The van der Waals surface area contributed by atoms with Crippen LogP contribution in [0, 0.1) is 3.70 Å². The van der Waals surface area contributed by atoms with Crippen LogP contribution in [0.3, 0.4) is 0 Å². The lowest BCUT2D eigenvalue weighted by atomic mass is 10.2. The van der Waals surface area contributed by atoms with Gasteiger partial charge in [0.1, 0.15) is 9.45 Å². The minimum absolute atomic E-state index is 0.186. The minimum atomic E-state index is -1.80. The van der Waals surface area contributed by atoms with E-state index >= 15 is 0 Å². The fourth-order valence-electron chi connectivity index (χ4n) is 1.36. The van der Waals surface area contributed by atoms with Gasteiger partial charge in [-0.15, -0.1) is 0 Å². The van der Waals surface area contributed by atoms with Crippen LogP contribution in [-0.2, 0) is 0 Å². The highest BCUT2D eigenvalue weighted by atomic mass is 127. The normalized spacial score (nSPS) is 13.0. The number of fused-ring (bicyclic) bond motifs is 1. The van der Waals surface area contributed by atoms with Crippen LogP contribution >= 0.6 is 22.6 Å². The third-order valence-corrected chi connectivity index (χ3v) is 8.70. The number of aromatic amines is 1. The summed E-state index contributed by atoms with van der Waals surface area (Å²) in [6, 6.07) is 2.02. The Labute approximate surface area is 122 Å². The lowest BCUT2D eigenvalue weighted by Gasteiger charge is -2.36. The van der Waals surface area contributed by atoms with Crippen molar-refractivity contribution < 1.29 is 4.43 Å². The Kier molecular flexibility index (Phi) is 3.43. The van der Waals surface area contributed by atoms with E-state index in [1.807, 2.05) is 6.07 Å². The lowest BCUT2D eigenvalue weighted by molar-refractivity contribution is 0.491. The predicted molar refractivity (Wildman–Crippen MR) is 84.4 cm³/mol. The van der Waals surface area contributed by atoms with E-state index in [1.165, 1.54) is 0 Å². The van der Waals surface area contributed by atoms with E-state index in [9.17, 15) is 0 Å². The first-order chi connectivity index (χ1) is 8.21. The Morgan fingerprint density at radius 1 is 1.33 bits per heavy atom. The summed E-state index contributed by atoms with van der Waals surface area (Å²) in [4.78, 5) is 4.34. The molecule has 4 nitrogen and oxygen atoms in total. The summed E-state index contributed by atoms with van der Waals surface area (Å²) in [5.74, 6) is 0.841. The van der Waals surface area contributed by atoms with Crippen LogP contribution < -0.4 is 4.43 Å². The highest BCUT2D eigenvalue weighted by Gasteiger charge is 2.39. The van der Waals surface area contributed by atoms with E-state index in [0.29, 0.717) is 0 Å². The highest BCUT2D eigenvalue weighted by molar-refractivity contribution is 14.1. The Morgan fingerprint density at radius 2 is 2.00 bits per heavy atom. The van der Waals surface area contributed by atoms with Gasteiger partial charge in [0.15, 0.2) is 5.65 Å². The Balaban J connectivity index is 2.35. The SMILES string of the molecule is CC(C)(C)[Si](C)(C)Oc1cnc2[nH]nc(I)c2c1. The third-order valence-electron chi connectivity index (χ3n) is 3.52. The quantitative estimate of drug-likeness (QED) is 0.639. The number of halogens is 1. The molecule has 2 rings (SSSR count). The molecule has 2 aromatic rings. The van der Waals surface area contributed by atoms with Crippen molar-refractivity contribution in [3.63, 3.8) is 0 Å². The average molecular weight is 375 g/mol. The summed E-state index contributed by atoms with van der Waals surface area (Å²) >= 11 is 2.20. The van der Waals surface area contributed by atoms with Crippen molar-refractivity contribution in [2.75, 3.05) is 0 Å². The van der Waals surface area contributed by atoms with Gasteiger partial charge in [0.25, 0.3) is 8.32 Å². The van der Waals surface area contributed by atoms with Gasteiger partial charge in [0.2, 0.25) is 0 Å². The molecule has 98 valence electrons.